The van der Waals surface area contributed by atoms with E-state index in [1.54, 1.807) is 0 Å². The molecule has 1 aromatic rings. The number of morpholine rings is 2. The lowest BCUT2D eigenvalue weighted by atomic mass is 10.1. The molecular weight excluding hydrogens is 254 g/mol. The Bertz CT molecular complexity index is 466. The number of hydrogen-bond donors (Lipinski definition) is 1. The van der Waals surface area contributed by atoms with Gasteiger partial charge in [0.15, 0.2) is 0 Å². The van der Waals surface area contributed by atoms with Crippen molar-refractivity contribution in [3.63, 3.8) is 0 Å². The first-order valence-electron chi connectivity index (χ1n) is 7.56. The second-order valence-corrected chi connectivity index (χ2v) is 6.08. The van der Waals surface area contributed by atoms with Gasteiger partial charge in [-0.15, -0.1) is 0 Å². The molecule has 5 heteroatoms. The summed E-state index contributed by atoms with van der Waals surface area (Å²) in [7, 11) is 0. The predicted octanol–water partition coefficient (Wildman–Crippen LogP) is 1.05. The first-order valence-corrected chi connectivity index (χ1v) is 7.56. The molecule has 5 nitrogen and oxygen atoms in total. The molecule has 0 amide bonds. The van der Waals surface area contributed by atoms with Crippen molar-refractivity contribution < 1.29 is 9.47 Å². The SMILES string of the molecule is c1ncc(N2CC3CNCC(C2)O3)cc1OCC1CC1. The summed E-state index contributed by atoms with van der Waals surface area (Å²) < 4.78 is 11.8. The standard InChI is InChI=1S/C15H21N3O2/c1-2-11(1)10-19-13-3-12(4-16-5-13)18-8-14-6-17-7-15(9-18)20-14/h3-5,11,14-15,17H,1-2,6-10H2. The summed E-state index contributed by atoms with van der Waals surface area (Å²) in [5, 5.41) is 3.42. The maximum absolute atomic E-state index is 5.94. The third kappa shape index (κ3) is 2.74. The van der Waals surface area contributed by atoms with Crippen molar-refractivity contribution >= 4 is 5.69 Å². The normalized spacial score (nSPS) is 29.3. The molecule has 0 aromatic carbocycles. The van der Waals surface area contributed by atoms with E-state index < -0.39 is 0 Å². The third-order valence-corrected chi connectivity index (χ3v) is 4.22. The van der Waals surface area contributed by atoms with Crippen LogP contribution < -0.4 is 15.0 Å². The number of pyridine rings is 1. The van der Waals surface area contributed by atoms with Crippen LogP contribution in [0.5, 0.6) is 5.75 Å². The molecule has 0 spiro atoms. The van der Waals surface area contributed by atoms with Crippen molar-refractivity contribution in [1.29, 1.82) is 0 Å². The first kappa shape index (κ1) is 12.4. The van der Waals surface area contributed by atoms with Crippen LogP contribution in [0.25, 0.3) is 0 Å². The number of rotatable bonds is 4. The summed E-state index contributed by atoms with van der Waals surface area (Å²) in [6.07, 6.45) is 6.95. The third-order valence-electron chi connectivity index (χ3n) is 4.22. The molecule has 108 valence electrons. The van der Waals surface area contributed by atoms with Gasteiger partial charge in [-0.05, 0) is 18.8 Å². The minimum absolute atomic E-state index is 0.290. The van der Waals surface area contributed by atoms with Crippen LogP contribution in [-0.4, -0.2) is 50.0 Å². The summed E-state index contributed by atoms with van der Waals surface area (Å²) in [6, 6.07) is 2.11. The van der Waals surface area contributed by atoms with Crippen LogP contribution in [0.2, 0.25) is 0 Å². The molecule has 1 aliphatic carbocycles. The molecule has 1 N–H and O–H groups in total. The van der Waals surface area contributed by atoms with Gasteiger partial charge >= 0.3 is 0 Å². The highest BCUT2D eigenvalue weighted by molar-refractivity contribution is 5.49. The van der Waals surface area contributed by atoms with E-state index in [9.17, 15) is 0 Å². The summed E-state index contributed by atoms with van der Waals surface area (Å²) in [6.45, 7) is 4.58. The van der Waals surface area contributed by atoms with Gasteiger partial charge in [-0.1, -0.05) is 0 Å². The second-order valence-electron chi connectivity index (χ2n) is 6.08. The van der Waals surface area contributed by atoms with Gasteiger partial charge in [-0.25, -0.2) is 0 Å². The lowest BCUT2D eigenvalue weighted by Crippen LogP contribution is -2.58. The number of fused-ring (bicyclic) bond motifs is 2. The molecule has 2 atom stereocenters. The number of nitrogens with zero attached hydrogens (tertiary/aromatic N) is 2. The van der Waals surface area contributed by atoms with Crippen LogP contribution in [0, 0.1) is 5.92 Å². The van der Waals surface area contributed by atoms with Gasteiger partial charge in [-0.2, -0.15) is 0 Å². The zero-order valence-corrected chi connectivity index (χ0v) is 11.6. The zero-order chi connectivity index (χ0) is 13.4. The van der Waals surface area contributed by atoms with Crippen LogP contribution in [0.15, 0.2) is 18.5 Å². The average molecular weight is 275 g/mol. The lowest BCUT2D eigenvalue weighted by molar-refractivity contribution is -0.0484. The molecule has 2 aliphatic heterocycles. The Hall–Kier alpha value is -1.33. The fourth-order valence-corrected chi connectivity index (χ4v) is 2.92. The van der Waals surface area contributed by atoms with Gasteiger partial charge in [0.25, 0.3) is 0 Å². The summed E-state index contributed by atoms with van der Waals surface area (Å²) in [5.74, 6) is 1.66. The van der Waals surface area contributed by atoms with E-state index in [1.165, 1.54) is 12.8 Å². The zero-order valence-electron chi connectivity index (χ0n) is 11.6. The Morgan fingerprint density at radius 3 is 2.80 bits per heavy atom. The minimum Gasteiger partial charge on any atom is -0.492 e. The highest BCUT2D eigenvalue weighted by Gasteiger charge is 2.31. The van der Waals surface area contributed by atoms with Gasteiger partial charge in [0, 0.05) is 32.2 Å². The van der Waals surface area contributed by atoms with Crippen LogP contribution in [0.3, 0.4) is 0 Å². The maximum Gasteiger partial charge on any atom is 0.139 e. The largest absolute Gasteiger partial charge is 0.492 e. The topological polar surface area (TPSA) is 46.6 Å². The van der Waals surface area contributed by atoms with Crippen molar-refractivity contribution in [3.05, 3.63) is 18.5 Å². The number of aromatic nitrogens is 1. The minimum atomic E-state index is 0.290. The highest BCUT2D eigenvalue weighted by Crippen LogP contribution is 2.30. The van der Waals surface area contributed by atoms with Gasteiger partial charge in [0.05, 0.1) is 36.9 Å². The van der Waals surface area contributed by atoms with E-state index in [0.29, 0.717) is 12.2 Å². The van der Waals surface area contributed by atoms with Crippen LogP contribution in [0.4, 0.5) is 5.69 Å². The van der Waals surface area contributed by atoms with E-state index in [-0.39, 0.29) is 0 Å². The molecule has 3 heterocycles. The molecule has 3 fully saturated rings. The summed E-state index contributed by atoms with van der Waals surface area (Å²) in [5.41, 5.74) is 1.15. The quantitative estimate of drug-likeness (QED) is 0.890. The van der Waals surface area contributed by atoms with E-state index >= 15 is 0 Å². The molecule has 2 saturated heterocycles. The fraction of sp³-hybridized carbons (Fsp3) is 0.667. The second kappa shape index (κ2) is 5.22. The molecule has 1 saturated carbocycles. The molecule has 0 radical (unpaired) electrons. The van der Waals surface area contributed by atoms with Gasteiger partial charge < -0.3 is 19.7 Å². The fourth-order valence-electron chi connectivity index (χ4n) is 2.92. The molecule has 1 aromatic heterocycles. The summed E-state index contributed by atoms with van der Waals surface area (Å²) >= 11 is 0. The van der Waals surface area contributed by atoms with E-state index in [2.05, 4.69) is 21.3 Å². The smallest absolute Gasteiger partial charge is 0.139 e. The first-order chi connectivity index (χ1) is 9.87. The van der Waals surface area contributed by atoms with Crippen LogP contribution in [0.1, 0.15) is 12.8 Å². The van der Waals surface area contributed by atoms with Gasteiger partial charge in [0.2, 0.25) is 0 Å². The Kier molecular flexibility index (Phi) is 3.24. The van der Waals surface area contributed by atoms with Crippen LogP contribution in [-0.2, 0) is 4.74 Å². The maximum atomic E-state index is 5.94. The van der Waals surface area contributed by atoms with Crippen molar-refractivity contribution in [2.45, 2.75) is 25.0 Å². The number of nitrogens with one attached hydrogen (secondary N) is 1. The van der Waals surface area contributed by atoms with Gasteiger partial charge in [0.1, 0.15) is 5.75 Å². The number of anilines is 1. The predicted molar refractivity (Wildman–Crippen MR) is 76.2 cm³/mol. The van der Waals surface area contributed by atoms with Crippen molar-refractivity contribution in [1.82, 2.24) is 10.3 Å². The van der Waals surface area contributed by atoms with Crippen molar-refractivity contribution in [2.75, 3.05) is 37.7 Å². The Morgan fingerprint density at radius 2 is 2.05 bits per heavy atom. The Balaban J connectivity index is 1.45. The van der Waals surface area contributed by atoms with E-state index in [0.717, 1.165) is 50.1 Å². The summed E-state index contributed by atoms with van der Waals surface area (Å²) in [4.78, 5) is 6.70. The molecule has 2 unspecified atom stereocenters. The molecule has 4 rings (SSSR count). The molecule has 2 bridgehead atoms. The monoisotopic (exact) mass is 275 g/mol. The number of hydrogen-bond acceptors (Lipinski definition) is 5. The van der Waals surface area contributed by atoms with E-state index in [1.807, 2.05) is 12.4 Å². The van der Waals surface area contributed by atoms with Crippen LogP contribution >= 0.6 is 0 Å². The lowest BCUT2D eigenvalue weighted by Gasteiger charge is -2.42. The number of ether oxygens (including phenoxy) is 2. The molecule has 3 aliphatic rings. The Morgan fingerprint density at radius 1 is 1.25 bits per heavy atom. The molecule has 20 heavy (non-hydrogen) atoms. The van der Waals surface area contributed by atoms with E-state index in [4.69, 9.17) is 9.47 Å². The van der Waals surface area contributed by atoms with Gasteiger partial charge in [-0.3, -0.25) is 4.98 Å². The molecular formula is C15H21N3O2. The van der Waals surface area contributed by atoms with Crippen molar-refractivity contribution in [2.24, 2.45) is 5.92 Å². The van der Waals surface area contributed by atoms with Crippen molar-refractivity contribution in [3.8, 4) is 5.75 Å². The Labute approximate surface area is 119 Å². The highest BCUT2D eigenvalue weighted by atomic mass is 16.5. The average Bonchev–Trinajstić information content (AvgIpc) is 3.29.